The molecule has 0 aliphatic carbocycles. The van der Waals surface area contributed by atoms with E-state index in [0.29, 0.717) is 12.8 Å². The number of rotatable bonds is 47. The minimum atomic E-state index is -1.26. The van der Waals surface area contributed by atoms with Gasteiger partial charge in [-0.25, -0.2) is 0 Å². The van der Waals surface area contributed by atoms with Crippen molar-refractivity contribution in [3.05, 3.63) is 24.3 Å². The van der Waals surface area contributed by atoms with E-state index in [9.17, 15) is 25.2 Å². The van der Waals surface area contributed by atoms with Gasteiger partial charge in [-0.3, -0.25) is 4.79 Å². The van der Waals surface area contributed by atoms with Gasteiger partial charge in [0.2, 0.25) is 5.91 Å². The first-order chi connectivity index (χ1) is 28.5. The van der Waals surface area contributed by atoms with Crippen LogP contribution in [0, 0.1) is 0 Å². The molecular weight excluding hydrogens is 719 g/mol. The molecule has 5 N–H and O–H groups in total. The average Bonchev–Trinajstić information content (AvgIpc) is 3.23. The van der Waals surface area contributed by atoms with Crippen molar-refractivity contribution in [3.8, 4) is 0 Å². The van der Waals surface area contributed by atoms with Crippen LogP contribution in [0.1, 0.15) is 271 Å². The van der Waals surface area contributed by atoms with Gasteiger partial charge in [-0.15, -0.1) is 0 Å². The van der Waals surface area contributed by atoms with Crippen LogP contribution < -0.4 is 5.32 Å². The molecule has 0 radical (unpaired) electrons. The van der Waals surface area contributed by atoms with Crippen LogP contribution in [-0.4, -0.2) is 57.3 Å². The highest BCUT2D eigenvalue weighted by Crippen LogP contribution is 2.17. The fraction of sp³-hybridized carbons (Fsp3) is 0.904. The number of unbranched alkanes of at least 4 members (excludes halogenated alkanes) is 34. The minimum absolute atomic E-state index is 0.359. The first-order valence-corrected chi connectivity index (χ1v) is 25.7. The fourth-order valence-electron chi connectivity index (χ4n) is 8.08. The van der Waals surface area contributed by atoms with Crippen LogP contribution in [0.25, 0.3) is 0 Å². The largest absolute Gasteiger partial charge is 0.394 e. The van der Waals surface area contributed by atoms with Crippen molar-refractivity contribution in [2.24, 2.45) is 0 Å². The van der Waals surface area contributed by atoms with Gasteiger partial charge in [-0.1, -0.05) is 250 Å². The third kappa shape index (κ3) is 40.2. The van der Waals surface area contributed by atoms with Crippen molar-refractivity contribution in [1.29, 1.82) is 0 Å². The van der Waals surface area contributed by atoms with Gasteiger partial charge in [0, 0.05) is 0 Å². The first-order valence-electron chi connectivity index (χ1n) is 25.7. The number of carbonyl (C=O) groups is 1. The molecule has 0 spiro atoms. The Kier molecular flexibility index (Phi) is 45.9. The number of hydrogen-bond donors (Lipinski definition) is 5. The van der Waals surface area contributed by atoms with Crippen molar-refractivity contribution in [2.75, 3.05) is 6.61 Å². The highest BCUT2D eigenvalue weighted by atomic mass is 16.3. The molecule has 0 aliphatic rings. The van der Waals surface area contributed by atoms with E-state index in [2.05, 4.69) is 43.5 Å². The fourth-order valence-corrected chi connectivity index (χ4v) is 8.08. The summed E-state index contributed by atoms with van der Waals surface area (Å²) in [4.78, 5) is 12.6. The summed E-state index contributed by atoms with van der Waals surface area (Å²) in [6.45, 7) is 4.07. The molecule has 0 heterocycles. The van der Waals surface area contributed by atoms with Gasteiger partial charge in [0.1, 0.15) is 12.2 Å². The average molecular weight is 820 g/mol. The van der Waals surface area contributed by atoms with Gasteiger partial charge in [-0.2, -0.15) is 0 Å². The van der Waals surface area contributed by atoms with E-state index in [1.165, 1.54) is 186 Å². The predicted molar refractivity (Wildman–Crippen MR) is 251 cm³/mol. The van der Waals surface area contributed by atoms with Crippen LogP contribution in [0.2, 0.25) is 0 Å². The Morgan fingerprint density at radius 2 is 0.741 bits per heavy atom. The normalized spacial score (nSPS) is 14.1. The van der Waals surface area contributed by atoms with Crippen LogP contribution >= 0.6 is 0 Å². The van der Waals surface area contributed by atoms with Gasteiger partial charge >= 0.3 is 0 Å². The Labute approximate surface area is 361 Å². The van der Waals surface area contributed by atoms with E-state index in [1.807, 2.05) is 0 Å². The van der Waals surface area contributed by atoms with Crippen molar-refractivity contribution in [2.45, 2.75) is 295 Å². The quantitative estimate of drug-likeness (QED) is 0.0310. The van der Waals surface area contributed by atoms with Crippen molar-refractivity contribution in [3.63, 3.8) is 0 Å². The third-order valence-electron chi connectivity index (χ3n) is 12.2. The summed E-state index contributed by atoms with van der Waals surface area (Å²) in [6, 6.07) is -0.989. The van der Waals surface area contributed by atoms with Crippen molar-refractivity contribution in [1.82, 2.24) is 5.32 Å². The lowest BCUT2D eigenvalue weighted by atomic mass is 9.99. The van der Waals surface area contributed by atoms with Crippen LogP contribution in [0.4, 0.5) is 0 Å². The molecule has 0 aromatic heterocycles. The molecule has 6 heteroatoms. The number of carbonyl (C=O) groups excluding carboxylic acids is 1. The number of allylic oxidation sites excluding steroid dienone is 4. The standard InChI is InChI=1S/C52H101NO5/c1-3-5-7-9-11-13-15-17-19-21-23-25-26-28-30-32-34-36-38-40-42-44-46-50(56)52(58)53-48(47-54)51(57)49(55)45-43-41-39-37-35-33-31-29-27-24-22-20-18-16-14-12-10-8-6-4-2/h23,25,28,30,48-51,54-57H,3-22,24,26-27,29,31-47H2,1-2H3,(H,53,58)/b25-23-,30-28-. The molecule has 6 nitrogen and oxygen atoms in total. The van der Waals surface area contributed by atoms with E-state index in [-0.39, 0.29) is 0 Å². The molecular formula is C52H101NO5. The summed E-state index contributed by atoms with van der Waals surface area (Å²) in [7, 11) is 0. The zero-order valence-electron chi connectivity index (χ0n) is 38.8. The van der Waals surface area contributed by atoms with Gasteiger partial charge in [0.25, 0.3) is 0 Å². The van der Waals surface area contributed by atoms with Crippen LogP contribution in [-0.2, 0) is 4.79 Å². The number of hydrogen-bond acceptors (Lipinski definition) is 5. The monoisotopic (exact) mass is 820 g/mol. The second-order valence-electron chi connectivity index (χ2n) is 17.9. The Morgan fingerprint density at radius 1 is 0.431 bits per heavy atom. The van der Waals surface area contributed by atoms with Gasteiger partial charge < -0.3 is 25.7 Å². The van der Waals surface area contributed by atoms with Crippen molar-refractivity contribution >= 4 is 5.91 Å². The molecule has 0 aromatic carbocycles. The Morgan fingerprint density at radius 3 is 1.09 bits per heavy atom. The van der Waals surface area contributed by atoms with Gasteiger partial charge in [-0.05, 0) is 44.9 Å². The molecule has 1 amide bonds. The van der Waals surface area contributed by atoms with Gasteiger partial charge in [0.15, 0.2) is 0 Å². The zero-order chi connectivity index (χ0) is 42.4. The highest BCUT2D eigenvalue weighted by Gasteiger charge is 2.28. The molecule has 0 saturated heterocycles. The lowest BCUT2D eigenvalue weighted by Gasteiger charge is -2.27. The number of aliphatic hydroxyl groups excluding tert-OH is 4. The molecule has 0 aliphatic heterocycles. The predicted octanol–water partition coefficient (Wildman–Crippen LogP) is 14.3. The molecule has 58 heavy (non-hydrogen) atoms. The molecule has 344 valence electrons. The number of nitrogens with one attached hydrogen (secondary N) is 1. The van der Waals surface area contributed by atoms with E-state index in [1.54, 1.807) is 0 Å². The Bertz CT molecular complexity index is 878. The summed E-state index contributed by atoms with van der Waals surface area (Å²) in [5.41, 5.74) is 0. The van der Waals surface area contributed by atoms with Crippen LogP contribution in [0.15, 0.2) is 24.3 Å². The third-order valence-corrected chi connectivity index (χ3v) is 12.2. The zero-order valence-corrected chi connectivity index (χ0v) is 38.8. The maximum Gasteiger partial charge on any atom is 0.249 e. The molecule has 0 aromatic rings. The Hall–Kier alpha value is -1.21. The smallest absolute Gasteiger partial charge is 0.249 e. The second kappa shape index (κ2) is 46.8. The molecule has 4 atom stereocenters. The summed E-state index contributed by atoms with van der Waals surface area (Å²) in [5, 5.41) is 43.9. The Balaban J connectivity index is 3.69. The van der Waals surface area contributed by atoms with E-state index < -0.39 is 36.9 Å². The van der Waals surface area contributed by atoms with Crippen LogP contribution in [0.5, 0.6) is 0 Å². The number of amides is 1. The molecule has 0 bridgehead atoms. The minimum Gasteiger partial charge on any atom is -0.394 e. The molecule has 0 fully saturated rings. The van der Waals surface area contributed by atoms with E-state index in [4.69, 9.17) is 0 Å². The topological polar surface area (TPSA) is 110 Å². The summed E-state index contributed by atoms with van der Waals surface area (Å²) >= 11 is 0. The highest BCUT2D eigenvalue weighted by molar-refractivity contribution is 5.80. The summed E-state index contributed by atoms with van der Waals surface area (Å²) in [5.74, 6) is -0.589. The molecule has 4 unspecified atom stereocenters. The summed E-state index contributed by atoms with van der Waals surface area (Å²) < 4.78 is 0. The lowest BCUT2D eigenvalue weighted by molar-refractivity contribution is -0.132. The SMILES string of the molecule is CCCCCCCCCCC/C=C\C/C=C\CCCCCCCCC(O)C(=O)NC(CO)C(O)C(O)CCCCCCCCCCCCCCCCCCCCCC. The molecule has 0 rings (SSSR count). The lowest BCUT2D eigenvalue weighted by Crippen LogP contribution is -2.53. The van der Waals surface area contributed by atoms with Crippen LogP contribution in [0.3, 0.4) is 0 Å². The number of aliphatic hydroxyl groups is 4. The van der Waals surface area contributed by atoms with E-state index in [0.717, 1.165) is 57.8 Å². The maximum atomic E-state index is 12.6. The van der Waals surface area contributed by atoms with Gasteiger partial charge in [0.05, 0.1) is 18.8 Å². The second-order valence-corrected chi connectivity index (χ2v) is 17.9. The first kappa shape index (κ1) is 56.8. The summed E-state index contributed by atoms with van der Waals surface area (Å²) in [6.07, 6.45) is 55.0. The van der Waals surface area contributed by atoms with E-state index >= 15 is 0 Å². The molecule has 0 saturated carbocycles. The maximum absolute atomic E-state index is 12.6. The van der Waals surface area contributed by atoms with Crippen molar-refractivity contribution < 1.29 is 25.2 Å².